The molecule has 0 amide bonds. The summed E-state index contributed by atoms with van der Waals surface area (Å²) >= 11 is 0. The Balaban J connectivity index is 0.000000461. The molecule has 0 bridgehead atoms. The summed E-state index contributed by atoms with van der Waals surface area (Å²) in [5.41, 5.74) is 0. The Morgan fingerprint density at radius 1 is 1.45 bits per heavy atom. The molecular weight excluding hydrogens is 138 g/mol. The number of likely N-dealkylation sites (N-methyl/N-ethyl adjacent to an activating group) is 1. The molecule has 2 heteroatoms. The summed E-state index contributed by atoms with van der Waals surface area (Å²) in [6.07, 6.45) is 2.51. The third-order valence-corrected chi connectivity index (χ3v) is 1.65. The molecule has 1 N–H and O–H groups in total. The maximum Gasteiger partial charge on any atom is 0.0619 e. The summed E-state index contributed by atoms with van der Waals surface area (Å²) in [6, 6.07) is 0.628. The van der Waals surface area contributed by atoms with Gasteiger partial charge in [-0.25, -0.2) is 0 Å². The standard InChI is InChI=1S/C7H15NO.C2H6/c1-2-8-7-4-3-5-9-6-7;1-2/h7-8H,2-6H2,1H3;1-2H3. The van der Waals surface area contributed by atoms with Gasteiger partial charge in [0.15, 0.2) is 0 Å². The fourth-order valence-electron chi connectivity index (χ4n) is 1.19. The van der Waals surface area contributed by atoms with E-state index in [0.29, 0.717) is 6.04 Å². The molecule has 11 heavy (non-hydrogen) atoms. The highest BCUT2D eigenvalue weighted by Crippen LogP contribution is 2.04. The molecule has 0 aromatic heterocycles. The molecule has 0 aliphatic carbocycles. The molecule has 0 saturated carbocycles. The topological polar surface area (TPSA) is 21.3 Å². The summed E-state index contributed by atoms with van der Waals surface area (Å²) in [5, 5.41) is 3.36. The Morgan fingerprint density at radius 3 is 2.64 bits per heavy atom. The van der Waals surface area contributed by atoms with Gasteiger partial charge in [0.2, 0.25) is 0 Å². The lowest BCUT2D eigenvalue weighted by atomic mass is 10.1. The predicted octanol–water partition coefficient (Wildman–Crippen LogP) is 1.80. The highest BCUT2D eigenvalue weighted by atomic mass is 16.5. The smallest absolute Gasteiger partial charge is 0.0619 e. The van der Waals surface area contributed by atoms with Crippen LogP contribution in [0.3, 0.4) is 0 Å². The molecule has 1 fully saturated rings. The van der Waals surface area contributed by atoms with Gasteiger partial charge in [-0.2, -0.15) is 0 Å². The molecule has 1 unspecified atom stereocenters. The summed E-state index contributed by atoms with van der Waals surface area (Å²) in [6.45, 7) is 9.07. The first kappa shape index (κ1) is 10.9. The highest BCUT2D eigenvalue weighted by Gasteiger charge is 2.10. The normalized spacial score (nSPS) is 23.7. The molecular formula is C9H21NO. The van der Waals surface area contributed by atoms with Crippen LogP contribution in [0.5, 0.6) is 0 Å². The van der Waals surface area contributed by atoms with Crippen LogP contribution in [-0.4, -0.2) is 25.8 Å². The van der Waals surface area contributed by atoms with Gasteiger partial charge in [-0.15, -0.1) is 0 Å². The van der Waals surface area contributed by atoms with Crippen LogP contribution in [0.25, 0.3) is 0 Å². The summed E-state index contributed by atoms with van der Waals surface area (Å²) in [7, 11) is 0. The predicted molar refractivity (Wildman–Crippen MR) is 48.9 cm³/mol. The van der Waals surface area contributed by atoms with Gasteiger partial charge in [-0.1, -0.05) is 20.8 Å². The average molecular weight is 159 g/mol. The minimum absolute atomic E-state index is 0.628. The van der Waals surface area contributed by atoms with Gasteiger partial charge in [0, 0.05) is 12.6 Å². The van der Waals surface area contributed by atoms with Crippen LogP contribution in [0.15, 0.2) is 0 Å². The maximum atomic E-state index is 5.27. The maximum absolute atomic E-state index is 5.27. The zero-order valence-electron chi connectivity index (χ0n) is 8.02. The first-order chi connectivity index (χ1) is 5.43. The Labute approximate surface area is 70.3 Å². The fraction of sp³-hybridized carbons (Fsp3) is 1.00. The van der Waals surface area contributed by atoms with Crippen molar-refractivity contribution in [2.45, 2.75) is 39.7 Å². The van der Waals surface area contributed by atoms with E-state index >= 15 is 0 Å². The van der Waals surface area contributed by atoms with E-state index in [1.807, 2.05) is 13.8 Å². The van der Waals surface area contributed by atoms with Crippen LogP contribution < -0.4 is 5.32 Å². The van der Waals surface area contributed by atoms with Crippen LogP contribution in [0.4, 0.5) is 0 Å². The Hall–Kier alpha value is -0.0800. The average Bonchev–Trinajstić information content (AvgIpc) is 2.11. The second-order valence-corrected chi connectivity index (χ2v) is 2.47. The van der Waals surface area contributed by atoms with Crippen LogP contribution >= 0.6 is 0 Å². The van der Waals surface area contributed by atoms with Crippen molar-refractivity contribution in [2.24, 2.45) is 0 Å². The number of hydrogen-bond donors (Lipinski definition) is 1. The van der Waals surface area contributed by atoms with Crippen molar-refractivity contribution >= 4 is 0 Å². The zero-order valence-corrected chi connectivity index (χ0v) is 8.02. The van der Waals surface area contributed by atoms with Crippen molar-refractivity contribution in [2.75, 3.05) is 19.8 Å². The number of ether oxygens (including phenoxy) is 1. The Bertz CT molecular complexity index is 67.2. The van der Waals surface area contributed by atoms with Gasteiger partial charge < -0.3 is 10.1 Å². The van der Waals surface area contributed by atoms with E-state index in [1.165, 1.54) is 12.8 Å². The van der Waals surface area contributed by atoms with Crippen molar-refractivity contribution in [1.29, 1.82) is 0 Å². The van der Waals surface area contributed by atoms with Gasteiger partial charge in [-0.3, -0.25) is 0 Å². The van der Waals surface area contributed by atoms with Crippen molar-refractivity contribution in [3.63, 3.8) is 0 Å². The second-order valence-electron chi connectivity index (χ2n) is 2.47. The molecule has 68 valence electrons. The van der Waals surface area contributed by atoms with E-state index in [0.717, 1.165) is 19.8 Å². The Kier molecular flexibility index (Phi) is 7.96. The number of rotatable bonds is 2. The zero-order chi connectivity index (χ0) is 8.53. The summed E-state index contributed by atoms with van der Waals surface area (Å²) in [4.78, 5) is 0. The third-order valence-electron chi connectivity index (χ3n) is 1.65. The largest absolute Gasteiger partial charge is 0.380 e. The van der Waals surface area contributed by atoms with Crippen LogP contribution in [0, 0.1) is 0 Å². The van der Waals surface area contributed by atoms with Gasteiger partial charge in [0.05, 0.1) is 6.61 Å². The van der Waals surface area contributed by atoms with Crippen molar-refractivity contribution in [3.05, 3.63) is 0 Å². The number of nitrogens with one attached hydrogen (secondary N) is 1. The van der Waals surface area contributed by atoms with E-state index in [9.17, 15) is 0 Å². The van der Waals surface area contributed by atoms with Crippen LogP contribution in [-0.2, 0) is 4.74 Å². The van der Waals surface area contributed by atoms with Gasteiger partial charge >= 0.3 is 0 Å². The molecule has 2 nitrogen and oxygen atoms in total. The van der Waals surface area contributed by atoms with Gasteiger partial charge in [0.25, 0.3) is 0 Å². The first-order valence-corrected chi connectivity index (χ1v) is 4.74. The van der Waals surface area contributed by atoms with E-state index in [-0.39, 0.29) is 0 Å². The molecule has 1 heterocycles. The van der Waals surface area contributed by atoms with E-state index in [2.05, 4.69) is 12.2 Å². The highest BCUT2D eigenvalue weighted by molar-refractivity contribution is 4.68. The molecule has 1 aliphatic heterocycles. The molecule has 1 aliphatic rings. The second kappa shape index (κ2) is 8.02. The number of hydrogen-bond acceptors (Lipinski definition) is 2. The lowest BCUT2D eigenvalue weighted by molar-refractivity contribution is 0.0711. The van der Waals surface area contributed by atoms with Crippen molar-refractivity contribution in [1.82, 2.24) is 5.32 Å². The third kappa shape index (κ3) is 5.22. The van der Waals surface area contributed by atoms with E-state index in [1.54, 1.807) is 0 Å². The molecule has 0 radical (unpaired) electrons. The quantitative estimate of drug-likeness (QED) is 0.663. The van der Waals surface area contributed by atoms with Crippen LogP contribution in [0.1, 0.15) is 33.6 Å². The lowest BCUT2D eigenvalue weighted by Gasteiger charge is -2.22. The summed E-state index contributed by atoms with van der Waals surface area (Å²) < 4.78 is 5.27. The minimum atomic E-state index is 0.628. The van der Waals surface area contributed by atoms with E-state index in [4.69, 9.17) is 4.74 Å². The Morgan fingerprint density at radius 2 is 2.18 bits per heavy atom. The molecule has 0 aromatic rings. The van der Waals surface area contributed by atoms with E-state index < -0.39 is 0 Å². The molecule has 0 spiro atoms. The SMILES string of the molecule is CC.CCNC1CCCOC1. The monoisotopic (exact) mass is 159 g/mol. The molecule has 1 rings (SSSR count). The lowest BCUT2D eigenvalue weighted by Crippen LogP contribution is -2.36. The molecule has 0 aromatic carbocycles. The fourth-order valence-corrected chi connectivity index (χ4v) is 1.19. The van der Waals surface area contributed by atoms with Gasteiger partial charge in [-0.05, 0) is 19.4 Å². The minimum Gasteiger partial charge on any atom is -0.380 e. The van der Waals surface area contributed by atoms with Crippen LogP contribution in [0.2, 0.25) is 0 Å². The van der Waals surface area contributed by atoms with Crippen molar-refractivity contribution < 1.29 is 4.74 Å². The summed E-state index contributed by atoms with van der Waals surface area (Å²) in [5.74, 6) is 0. The van der Waals surface area contributed by atoms with Gasteiger partial charge in [0.1, 0.15) is 0 Å². The molecule has 1 saturated heterocycles. The van der Waals surface area contributed by atoms with Crippen molar-refractivity contribution in [3.8, 4) is 0 Å². The molecule has 1 atom stereocenters. The first-order valence-electron chi connectivity index (χ1n) is 4.74.